The smallest absolute Gasteiger partial charge is 0.261 e. The summed E-state index contributed by atoms with van der Waals surface area (Å²) in [5.74, 6) is 0.255. The summed E-state index contributed by atoms with van der Waals surface area (Å²) in [6.07, 6.45) is 0.0328. The Hall–Kier alpha value is -2.36. The van der Waals surface area contributed by atoms with Gasteiger partial charge in [0, 0.05) is 6.54 Å². The second-order valence-electron chi connectivity index (χ2n) is 5.12. The first-order valence-corrected chi connectivity index (χ1v) is 7.34. The highest BCUT2D eigenvalue weighted by Gasteiger charge is 2.18. The summed E-state index contributed by atoms with van der Waals surface area (Å²) in [5.41, 5.74) is 1.84. The summed E-state index contributed by atoms with van der Waals surface area (Å²) in [6.45, 7) is 4.20. The van der Waals surface area contributed by atoms with Gasteiger partial charge in [-0.2, -0.15) is 0 Å². The minimum absolute atomic E-state index is 0.171. The second kappa shape index (κ2) is 7.59. The molecule has 22 heavy (non-hydrogen) atoms. The zero-order chi connectivity index (χ0) is 15.9. The number of rotatable bonds is 6. The van der Waals surface area contributed by atoms with Gasteiger partial charge in [0.15, 0.2) is 6.10 Å². The van der Waals surface area contributed by atoms with Crippen molar-refractivity contribution >= 4 is 5.91 Å². The van der Waals surface area contributed by atoms with Gasteiger partial charge in [-0.25, -0.2) is 4.39 Å². The number of para-hydroxylation sites is 1. The molecule has 3 nitrogen and oxygen atoms in total. The molecule has 2 aromatic rings. The summed E-state index contributed by atoms with van der Waals surface area (Å²) in [6, 6.07) is 13.7. The number of carbonyl (C=O) groups excluding carboxylic acids is 1. The maximum atomic E-state index is 12.8. The van der Waals surface area contributed by atoms with Crippen molar-refractivity contribution in [2.24, 2.45) is 0 Å². The lowest BCUT2D eigenvalue weighted by molar-refractivity contribution is -0.128. The van der Waals surface area contributed by atoms with Gasteiger partial charge in [0.25, 0.3) is 5.91 Å². The number of amides is 1. The molecule has 1 N–H and O–H groups in total. The number of carbonyl (C=O) groups is 1. The van der Waals surface area contributed by atoms with Gasteiger partial charge in [0.2, 0.25) is 0 Å². The Balaban J connectivity index is 1.94. The molecule has 0 bridgehead atoms. The standard InChI is InChI=1S/C18H20FNO2/c1-3-16(22-17-7-5-4-6-13(17)2)18(21)20-12-14-8-10-15(19)11-9-14/h4-11,16H,3,12H2,1-2H3,(H,20,21)/t16-/m0/s1. The van der Waals surface area contributed by atoms with Crippen molar-refractivity contribution in [3.8, 4) is 5.75 Å². The molecule has 0 saturated carbocycles. The van der Waals surface area contributed by atoms with E-state index in [4.69, 9.17) is 4.74 Å². The fourth-order valence-corrected chi connectivity index (χ4v) is 2.07. The van der Waals surface area contributed by atoms with Gasteiger partial charge in [-0.3, -0.25) is 4.79 Å². The number of nitrogens with one attached hydrogen (secondary N) is 1. The molecule has 0 heterocycles. The molecule has 1 amide bonds. The van der Waals surface area contributed by atoms with Gasteiger partial charge in [0.1, 0.15) is 11.6 Å². The summed E-state index contributed by atoms with van der Waals surface area (Å²) in [4.78, 5) is 12.2. The van der Waals surface area contributed by atoms with Crippen LogP contribution in [-0.4, -0.2) is 12.0 Å². The molecule has 0 aliphatic heterocycles. The van der Waals surface area contributed by atoms with E-state index < -0.39 is 6.10 Å². The minimum Gasteiger partial charge on any atom is -0.480 e. The first-order chi connectivity index (χ1) is 10.6. The van der Waals surface area contributed by atoms with E-state index in [0.717, 1.165) is 11.1 Å². The molecule has 4 heteroatoms. The minimum atomic E-state index is -0.540. The van der Waals surface area contributed by atoms with Crippen molar-refractivity contribution in [2.45, 2.75) is 32.9 Å². The van der Waals surface area contributed by atoms with E-state index in [1.807, 2.05) is 38.1 Å². The van der Waals surface area contributed by atoms with Gasteiger partial charge < -0.3 is 10.1 Å². The van der Waals surface area contributed by atoms with Crippen molar-refractivity contribution in [1.29, 1.82) is 0 Å². The van der Waals surface area contributed by atoms with E-state index in [1.165, 1.54) is 12.1 Å². The molecule has 0 fully saturated rings. The number of halogens is 1. The first-order valence-electron chi connectivity index (χ1n) is 7.34. The van der Waals surface area contributed by atoms with E-state index in [1.54, 1.807) is 12.1 Å². The van der Waals surface area contributed by atoms with Crippen molar-refractivity contribution in [3.63, 3.8) is 0 Å². The lowest BCUT2D eigenvalue weighted by Gasteiger charge is -2.18. The number of aryl methyl sites for hydroxylation is 1. The maximum absolute atomic E-state index is 12.8. The number of ether oxygens (including phenoxy) is 1. The molecule has 0 radical (unpaired) electrons. The Bertz CT molecular complexity index is 625. The molecule has 2 aromatic carbocycles. The summed E-state index contributed by atoms with van der Waals surface area (Å²) >= 11 is 0. The van der Waals surface area contributed by atoms with Crippen molar-refractivity contribution in [2.75, 3.05) is 0 Å². The van der Waals surface area contributed by atoms with Crippen LogP contribution in [0, 0.1) is 12.7 Å². The topological polar surface area (TPSA) is 38.3 Å². The molecule has 1 atom stereocenters. The molecule has 2 rings (SSSR count). The molecule has 0 saturated heterocycles. The van der Waals surface area contributed by atoms with Gasteiger partial charge in [-0.15, -0.1) is 0 Å². The van der Waals surface area contributed by atoms with Gasteiger partial charge in [-0.1, -0.05) is 37.3 Å². The Labute approximate surface area is 130 Å². The monoisotopic (exact) mass is 301 g/mol. The predicted molar refractivity (Wildman–Crippen MR) is 84.1 cm³/mol. The largest absolute Gasteiger partial charge is 0.480 e. The predicted octanol–water partition coefficient (Wildman–Crippen LogP) is 3.61. The first kappa shape index (κ1) is 16.0. The summed E-state index contributed by atoms with van der Waals surface area (Å²) < 4.78 is 18.6. The Kier molecular flexibility index (Phi) is 5.53. The lowest BCUT2D eigenvalue weighted by Crippen LogP contribution is -2.37. The highest BCUT2D eigenvalue weighted by atomic mass is 19.1. The average molecular weight is 301 g/mol. The van der Waals surface area contributed by atoms with E-state index >= 15 is 0 Å². The molecule has 0 unspecified atom stereocenters. The van der Waals surface area contributed by atoms with Crippen molar-refractivity contribution < 1.29 is 13.9 Å². The Morgan fingerprint density at radius 1 is 1.18 bits per heavy atom. The summed E-state index contributed by atoms with van der Waals surface area (Å²) in [5, 5.41) is 2.82. The van der Waals surface area contributed by atoms with Crippen molar-refractivity contribution in [3.05, 3.63) is 65.5 Å². The average Bonchev–Trinajstić information content (AvgIpc) is 2.53. The third-order valence-electron chi connectivity index (χ3n) is 3.41. The molecule has 0 aliphatic rings. The Morgan fingerprint density at radius 2 is 1.86 bits per heavy atom. The van der Waals surface area contributed by atoms with Crippen LogP contribution >= 0.6 is 0 Å². The quantitative estimate of drug-likeness (QED) is 0.885. The van der Waals surface area contributed by atoms with E-state index in [0.29, 0.717) is 18.7 Å². The molecular weight excluding hydrogens is 281 g/mol. The highest BCUT2D eigenvalue weighted by molar-refractivity contribution is 5.81. The molecule has 0 spiro atoms. The van der Waals surface area contributed by atoms with Crippen LogP contribution in [0.3, 0.4) is 0 Å². The molecule has 0 aromatic heterocycles. The normalized spacial score (nSPS) is 11.8. The molecule has 0 aliphatic carbocycles. The van der Waals surface area contributed by atoms with Crippen LogP contribution < -0.4 is 10.1 Å². The zero-order valence-electron chi connectivity index (χ0n) is 12.8. The van der Waals surface area contributed by atoms with Gasteiger partial charge in [-0.05, 0) is 42.7 Å². The number of hydrogen-bond acceptors (Lipinski definition) is 2. The Morgan fingerprint density at radius 3 is 2.50 bits per heavy atom. The molecular formula is C18H20FNO2. The third kappa shape index (κ3) is 4.32. The van der Waals surface area contributed by atoms with Crippen LogP contribution in [0.1, 0.15) is 24.5 Å². The van der Waals surface area contributed by atoms with Crippen LogP contribution in [0.4, 0.5) is 4.39 Å². The fraction of sp³-hybridized carbons (Fsp3) is 0.278. The molecule has 116 valence electrons. The van der Waals surface area contributed by atoms with Crippen LogP contribution in [0.5, 0.6) is 5.75 Å². The number of hydrogen-bond donors (Lipinski definition) is 1. The second-order valence-corrected chi connectivity index (χ2v) is 5.12. The summed E-state index contributed by atoms with van der Waals surface area (Å²) in [7, 11) is 0. The number of benzene rings is 2. The van der Waals surface area contributed by atoms with Crippen LogP contribution in [-0.2, 0) is 11.3 Å². The van der Waals surface area contributed by atoms with E-state index in [9.17, 15) is 9.18 Å². The van der Waals surface area contributed by atoms with Crippen LogP contribution in [0.2, 0.25) is 0 Å². The van der Waals surface area contributed by atoms with Crippen LogP contribution in [0.15, 0.2) is 48.5 Å². The zero-order valence-corrected chi connectivity index (χ0v) is 12.8. The van der Waals surface area contributed by atoms with E-state index in [2.05, 4.69) is 5.32 Å². The van der Waals surface area contributed by atoms with Gasteiger partial charge in [0.05, 0.1) is 0 Å². The highest BCUT2D eigenvalue weighted by Crippen LogP contribution is 2.18. The fourth-order valence-electron chi connectivity index (χ4n) is 2.07. The lowest BCUT2D eigenvalue weighted by atomic mass is 10.2. The SMILES string of the molecule is CC[C@H](Oc1ccccc1C)C(=O)NCc1ccc(F)cc1. The van der Waals surface area contributed by atoms with Gasteiger partial charge >= 0.3 is 0 Å². The van der Waals surface area contributed by atoms with E-state index in [-0.39, 0.29) is 11.7 Å². The maximum Gasteiger partial charge on any atom is 0.261 e. The van der Waals surface area contributed by atoms with Crippen molar-refractivity contribution in [1.82, 2.24) is 5.32 Å². The third-order valence-corrected chi connectivity index (χ3v) is 3.41. The van der Waals surface area contributed by atoms with Crippen LogP contribution in [0.25, 0.3) is 0 Å².